The van der Waals surface area contributed by atoms with E-state index < -0.39 is 0 Å². The Bertz CT molecular complexity index is 1090. The summed E-state index contributed by atoms with van der Waals surface area (Å²) in [6, 6.07) is 14.4. The summed E-state index contributed by atoms with van der Waals surface area (Å²) in [5, 5.41) is 0. The fraction of sp³-hybridized carbons (Fsp3) is 0.261. The molecule has 1 aromatic heterocycles. The second-order valence-electron chi connectivity index (χ2n) is 6.96. The van der Waals surface area contributed by atoms with E-state index >= 15 is 0 Å². The minimum atomic E-state index is -0.284. The predicted molar refractivity (Wildman–Crippen MR) is 114 cm³/mol. The van der Waals surface area contributed by atoms with Gasteiger partial charge in [0.2, 0.25) is 0 Å². The Balaban J connectivity index is 2.03. The minimum Gasteiger partial charge on any atom is -0.426 e. The maximum Gasteiger partial charge on any atom is 0.311 e. The lowest BCUT2D eigenvalue weighted by atomic mass is 10.0. The number of carbonyl (C=O) groups is 1. The van der Waals surface area contributed by atoms with Crippen LogP contribution in [0.25, 0.3) is 11.1 Å². The SMILES string of the molecule is CCCC(=O)Oc1ccccc1Cn1c(C)nc(C)c(-c2ccc(N)cc2)c1=O. The van der Waals surface area contributed by atoms with Crippen molar-refractivity contribution < 1.29 is 9.53 Å². The Labute approximate surface area is 170 Å². The van der Waals surface area contributed by atoms with Gasteiger partial charge in [-0.3, -0.25) is 14.2 Å². The molecule has 0 aliphatic rings. The molecule has 3 rings (SSSR count). The van der Waals surface area contributed by atoms with Crippen LogP contribution in [0.1, 0.15) is 36.8 Å². The van der Waals surface area contributed by atoms with Crippen LogP contribution in [-0.4, -0.2) is 15.5 Å². The van der Waals surface area contributed by atoms with E-state index in [1.807, 2.05) is 38.1 Å². The maximum absolute atomic E-state index is 13.3. The summed E-state index contributed by atoms with van der Waals surface area (Å²) in [6.07, 6.45) is 1.06. The molecule has 29 heavy (non-hydrogen) atoms. The van der Waals surface area contributed by atoms with Crippen LogP contribution >= 0.6 is 0 Å². The number of ether oxygens (including phenoxy) is 1. The molecule has 6 heteroatoms. The van der Waals surface area contributed by atoms with E-state index in [1.54, 1.807) is 35.8 Å². The van der Waals surface area contributed by atoms with Crippen molar-refractivity contribution in [3.63, 3.8) is 0 Å². The van der Waals surface area contributed by atoms with Gasteiger partial charge in [0, 0.05) is 17.7 Å². The lowest BCUT2D eigenvalue weighted by molar-refractivity contribution is -0.134. The van der Waals surface area contributed by atoms with E-state index in [9.17, 15) is 9.59 Å². The van der Waals surface area contributed by atoms with E-state index in [1.165, 1.54) is 0 Å². The number of nitrogens with two attached hydrogens (primary N) is 1. The molecule has 0 saturated heterocycles. The van der Waals surface area contributed by atoms with E-state index in [0.717, 1.165) is 11.1 Å². The van der Waals surface area contributed by atoms with Crippen LogP contribution in [0, 0.1) is 13.8 Å². The summed E-state index contributed by atoms with van der Waals surface area (Å²) in [7, 11) is 0. The van der Waals surface area contributed by atoms with Gasteiger partial charge in [-0.25, -0.2) is 4.98 Å². The van der Waals surface area contributed by atoms with Crippen molar-refractivity contribution in [1.29, 1.82) is 0 Å². The topological polar surface area (TPSA) is 87.2 Å². The van der Waals surface area contributed by atoms with E-state index in [4.69, 9.17) is 10.5 Å². The third-order valence-electron chi connectivity index (χ3n) is 4.72. The molecule has 150 valence electrons. The van der Waals surface area contributed by atoms with Crippen LogP contribution < -0.4 is 16.0 Å². The van der Waals surface area contributed by atoms with Crippen molar-refractivity contribution in [3.05, 3.63) is 76.0 Å². The summed E-state index contributed by atoms with van der Waals surface area (Å²) in [5.74, 6) is 0.779. The van der Waals surface area contributed by atoms with Gasteiger partial charge >= 0.3 is 5.97 Å². The highest BCUT2D eigenvalue weighted by Crippen LogP contribution is 2.23. The lowest BCUT2D eigenvalue weighted by Gasteiger charge is -2.16. The molecule has 0 unspecified atom stereocenters. The molecule has 0 aliphatic heterocycles. The first kappa shape index (κ1) is 20.3. The molecular weight excluding hydrogens is 366 g/mol. The second-order valence-corrected chi connectivity index (χ2v) is 6.96. The number of nitrogen functional groups attached to an aromatic ring is 1. The quantitative estimate of drug-likeness (QED) is 0.392. The van der Waals surface area contributed by atoms with Crippen LogP contribution in [0.15, 0.2) is 53.3 Å². The van der Waals surface area contributed by atoms with Crippen LogP contribution in [0.5, 0.6) is 5.75 Å². The van der Waals surface area contributed by atoms with Gasteiger partial charge < -0.3 is 10.5 Å². The summed E-state index contributed by atoms with van der Waals surface area (Å²) in [6.45, 7) is 5.81. The zero-order valence-corrected chi connectivity index (χ0v) is 16.9. The number of para-hydroxylation sites is 1. The molecule has 0 fully saturated rings. The lowest BCUT2D eigenvalue weighted by Crippen LogP contribution is -2.27. The van der Waals surface area contributed by atoms with Crippen LogP contribution in [0.2, 0.25) is 0 Å². The highest BCUT2D eigenvalue weighted by molar-refractivity contribution is 5.72. The third kappa shape index (κ3) is 4.54. The molecule has 3 aromatic rings. The van der Waals surface area contributed by atoms with Crippen molar-refractivity contribution in [2.24, 2.45) is 0 Å². The number of hydrogen-bond acceptors (Lipinski definition) is 5. The molecule has 0 aliphatic carbocycles. The second kappa shape index (κ2) is 8.73. The molecular formula is C23H25N3O3. The van der Waals surface area contributed by atoms with Gasteiger partial charge in [-0.05, 0) is 44.0 Å². The molecule has 0 radical (unpaired) electrons. The minimum absolute atomic E-state index is 0.144. The number of anilines is 1. The molecule has 2 aromatic carbocycles. The van der Waals surface area contributed by atoms with Crippen LogP contribution in [0.3, 0.4) is 0 Å². The first-order valence-electron chi connectivity index (χ1n) is 9.63. The van der Waals surface area contributed by atoms with Crippen molar-refractivity contribution in [2.45, 2.75) is 40.2 Å². The van der Waals surface area contributed by atoms with E-state index in [0.29, 0.717) is 41.4 Å². The Hall–Kier alpha value is -3.41. The molecule has 1 heterocycles. The molecule has 0 spiro atoms. The van der Waals surface area contributed by atoms with Gasteiger partial charge in [-0.2, -0.15) is 0 Å². The number of carbonyl (C=O) groups excluding carboxylic acids is 1. The predicted octanol–water partition coefficient (Wildman–Crippen LogP) is 3.86. The van der Waals surface area contributed by atoms with Crippen LogP contribution in [-0.2, 0) is 11.3 Å². The number of benzene rings is 2. The maximum atomic E-state index is 13.3. The molecule has 0 amide bonds. The molecule has 6 nitrogen and oxygen atoms in total. The Morgan fingerprint density at radius 3 is 2.48 bits per heavy atom. The monoisotopic (exact) mass is 391 g/mol. The fourth-order valence-corrected chi connectivity index (χ4v) is 3.25. The summed E-state index contributed by atoms with van der Waals surface area (Å²) < 4.78 is 7.10. The number of nitrogens with zero attached hydrogens (tertiary/aromatic N) is 2. The van der Waals surface area contributed by atoms with Crippen molar-refractivity contribution in [2.75, 3.05) is 5.73 Å². The average molecular weight is 391 g/mol. The average Bonchev–Trinajstić information content (AvgIpc) is 2.68. The summed E-state index contributed by atoms with van der Waals surface area (Å²) >= 11 is 0. The molecule has 2 N–H and O–H groups in total. The fourth-order valence-electron chi connectivity index (χ4n) is 3.25. The highest BCUT2D eigenvalue weighted by Gasteiger charge is 2.16. The molecule has 0 saturated carbocycles. The first-order valence-corrected chi connectivity index (χ1v) is 9.63. The first-order chi connectivity index (χ1) is 13.9. The number of hydrogen-bond donors (Lipinski definition) is 1. The smallest absolute Gasteiger partial charge is 0.311 e. The number of rotatable bonds is 6. The van der Waals surface area contributed by atoms with E-state index in [-0.39, 0.29) is 18.1 Å². The normalized spacial score (nSPS) is 10.7. The Kier molecular flexibility index (Phi) is 6.12. The van der Waals surface area contributed by atoms with Crippen molar-refractivity contribution in [3.8, 4) is 16.9 Å². The van der Waals surface area contributed by atoms with Gasteiger partial charge in [-0.15, -0.1) is 0 Å². The number of aryl methyl sites for hydroxylation is 2. The zero-order chi connectivity index (χ0) is 21.0. The van der Waals surface area contributed by atoms with Crippen molar-refractivity contribution in [1.82, 2.24) is 9.55 Å². The van der Waals surface area contributed by atoms with Gasteiger partial charge in [0.25, 0.3) is 5.56 Å². The molecule has 0 bridgehead atoms. The number of esters is 1. The van der Waals surface area contributed by atoms with Gasteiger partial charge in [-0.1, -0.05) is 37.3 Å². The van der Waals surface area contributed by atoms with Crippen molar-refractivity contribution >= 4 is 11.7 Å². The Morgan fingerprint density at radius 2 is 1.79 bits per heavy atom. The van der Waals surface area contributed by atoms with E-state index in [2.05, 4.69) is 4.98 Å². The summed E-state index contributed by atoms with van der Waals surface area (Å²) in [4.78, 5) is 29.8. The number of aromatic nitrogens is 2. The zero-order valence-electron chi connectivity index (χ0n) is 16.9. The highest BCUT2D eigenvalue weighted by atomic mass is 16.5. The Morgan fingerprint density at radius 1 is 1.10 bits per heavy atom. The van der Waals surface area contributed by atoms with Gasteiger partial charge in [0.05, 0.1) is 17.8 Å². The van der Waals surface area contributed by atoms with Crippen LogP contribution in [0.4, 0.5) is 5.69 Å². The largest absolute Gasteiger partial charge is 0.426 e. The van der Waals surface area contributed by atoms with Gasteiger partial charge in [0.15, 0.2) is 0 Å². The third-order valence-corrected chi connectivity index (χ3v) is 4.72. The molecule has 0 atom stereocenters. The van der Waals surface area contributed by atoms with Gasteiger partial charge in [0.1, 0.15) is 11.6 Å². The summed E-state index contributed by atoms with van der Waals surface area (Å²) in [5.41, 5.74) is 8.98. The standard InChI is InChI=1S/C23H25N3O3/c1-4-7-21(27)29-20-9-6-5-8-18(20)14-26-16(3)25-15(2)22(23(26)28)17-10-12-19(24)13-11-17/h5-6,8-13H,4,7,14,24H2,1-3H3.